The largest absolute Gasteiger partial charge is 0.493 e. The maximum absolute atomic E-state index is 15.6. The second kappa shape index (κ2) is 11.4. The van der Waals surface area contributed by atoms with Crippen LogP contribution in [-0.2, 0) is 16.0 Å². The molecule has 5 rings (SSSR count). The van der Waals surface area contributed by atoms with Crippen molar-refractivity contribution in [2.24, 2.45) is 0 Å². The Bertz CT molecular complexity index is 1410. The van der Waals surface area contributed by atoms with Gasteiger partial charge in [0.25, 0.3) is 0 Å². The van der Waals surface area contributed by atoms with E-state index in [4.69, 9.17) is 35.3 Å². The second-order valence-corrected chi connectivity index (χ2v) is 8.99. The lowest BCUT2D eigenvalue weighted by atomic mass is 9.98. The van der Waals surface area contributed by atoms with Crippen LogP contribution in [0.5, 0.6) is 17.4 Å². The average Bonchev–Trinajstić information content (AvgIpc) is 3.55. The molecule has 0 saturated carbocycles. The van der Waals surface area contributed by atoms with E-state index in [0.29, 0.717) is 53.8 Å². The summed E-state index contributed by atoms with van der Waals surface area (Å²) in [4.78, 5) is 0. The minimum absolute atomic E-state index is 0.0969. The summed E-state index contributed by atoms with van der Waals surface area (Å²) >= 11 is 6.35. The highest BCUT2D eigenvalue weighted by molar-refractivity contribution is 6.30. The molecule has 0 amide bonds. The molecular weight excluding hydrogens is 515 g/mol. The summed E-state index contributed by atoms with van der Waals surface area (Å²) < 4.78 is 48.0. The summed E-state index contributed by atoms with van der Waals surface area (Å²) in [7, 11) is 3.13. The summed E-state index contributed by atoms with van der Waals surface area (Å²) in [6.07, 6.45) is 2.67. The fourth-order valence-electron chi connectivity index (χ4n) is 4.72. The van der Waals surface area contributed by atoms with Gasteiger partial charge in [-0.3, -0.25) is 0 Å². The van der Waals surface area contributed by atoms with Crippen molar-refractivity contribution >= 4 is 11.6 Å². The predicted octanol–water partition coefficient (Wildman–Crippen LogP) is 5.50. The lowest BCUT2D eigenvalue weighted by Gasteiger charge is -2.25. The van der Waals surface area contributed by atoms with Gasteiger partial charge in [-0.05, 0) is 43.7 Å². The van der Waals surface area contributed by atoms with E-state index in [-0.39, 0.29) is 11.8 Å². The molecule has 0 aliphatic carbocycles. The van der Waals surface area contributed by atoms with Crippen LogP contribution in [0.4, 0.5) is 4.39 Å². The molecular formula is C27H28ClFN4O5. The maximum Gasteiger partial charge on any atom is 0.234 e. The molecule has 38 heavy (non-hydrogen) atoms. The van der Waals surface area contributed by atoms with Crippen LogP contribution in [0.1, 0.15) is 42.4 Å². The first-order chi connectivity index (χ1) is 18.5. The van der Waals surface area contributed by atoms with Crippen LogP contribution in [0, 0.1) is 5.82 Å². The number of methoxy groups -OCH3 is 2. The van der Waals surface area contributed by atoms with E-state index in [1.807, 2.05) is 42.0 Å². The van der Waals surface area contributed by atoms with Gasteiger partial charge >= 0.3 is 0 Å². The SMILES string of the molecule is CCOCOc1cnnn1CC[C@H]1O[C@H](c2cccc(OC)c2OC)c2cc(Cl)cc(F)c2-n2cccc21. The number of hydrogen-bond acceptors (Lipinski definition) is 7. The number of rotatable bonds is 10. The molecule has 9 nitrogen and oxygen atoms in total. The van der Waals surface area contributed by atoms with E-state index in [1.54, 1.807) is 31.0 Å². The normalized spacial score (nSPS) is 16.4. The van der Waals surface area contributed by atoms with Gasteiger partial charge < -0.3 is 28.3 Å². The molecule has 0 spiro atoms. The number of nitrogens with zero attached hydrogens (tertiary/aromatic N) is 4. The van der Waals surface area contributed by atoms with Crippen LogP contribution in [0.25, 0.3) is 5.69 Å². The van der Waals surface area contributed by atoms with Crippen LogP contribution in [-0.4, -0.2) is 47.2 Å². The molecule has 0 N–H and O–H groups in total. The Morgan fingerprint density at radius 3 is 2.76 bits per heavy atom. The topological polar surface area (TPSA) is 81.8 Å². The zero-order valence-electron chi connectivity index (χ0n) is 21.3. The molecule has 4 aromatic rings. The first-order valence-electron chi connectivity index (χ1n) is 12.2. The Morgan fingerprint density at radius 1 is 1.11 bits per heavy atom. The molecule has 1 aliphatic heterocycles. The minimum Gasteiger partial charge on any atom is -0.493 e. The van der Waals surface area contributed by atoms with E-state index >= 15 is 4.39 Å². The standard InChI is InChI=1S/C27H28ClFN4O5/c1-4-36-16-37-24-15-30-31-33(24)12-10-22-21-8-6-11-32(21)25-19(13-17(28)14-20(25)29)26(38-22)18-7-5-9-23(34-2)27(18)35-3/h5-9,11,13-15,22,26H,4,10,12,16H2,1-3H3/t22-,26-/m1/s1. The summed E-state index contributed by atoms with van der Waals surface area (Å²) in [5.74, 6) is 1.06. The highest BCUT2D eigenvalue weighted by Gasteiger charge is 2.34. The maximum atomic E-state index is 15.6. The smallest absolute Gasteiger partial charge is 0.234 e. The van der Waals surface area contributed by atoms with Crippen molar-refractivity contribution in [2.45, 2.75) is 32.1 Å². The first kappa shape index (κ1) is 26.0. The molecule has 0 saturated heterocycles. The summed E-state index contributed by atoms with van der Waals surface area (Å²) in [5.41, 5.74) is 2.41. The van der Waals surface area contributed by atoms with E-state index in [9.17, 15) is 0 Å². The van der Waals surface area contributed by atoms with Gasteiger partial charge in [-0.1, -0.05) is 28.9 Å². The van der Waals surface area contributed by atoms with E-state index in [0.717, 1.165) is 5.69 Å². The number of fused-ring (bicyclic) bond motifs is 3. The highest BCUT2D eigenvalue weighted by Crippen LogP contribution is 2.47. The van der Waals surface area contributed by atoms with Crippen molar-refractivity contribution in [1.82, 2.24) is 19.6 Å². The minimum atomic E-state index is -0.711. The third-order valence-electron chi connectivity index (χ3n) is 6.39. The van der Waals surface area contributed by atoms with E-state index in [1.165, 1.54) is 12.3 Å². The number of halogens is 2. The van der Waals surface area contributed by atoms with Crippen LogP contribution < -0.4 is 14.2 Å². The fraction of sp³-hybridized carbons (Fsp3) is 0.333. The van der Waals surface area contributed by atoms with Crippen LogP contribution in [0.2, 0.25) is 5.02 Å². The van der Waals surface area contributed by atoms with Gasteiger partial charge in [0.2, 0.25) is 5.88 Å². The molecule has 0 radical (unpaired) electrons. The Morgan fingerprint density at radius 2 is 1.97 bits per heavy atom. The fourth-order valence-corrected chi connectivity index (χ4v) is 4.94. The van der Waals surface area contributed by atoms with Gasteiger partial charge in [-0.25, -0.2) is 9.07 Å². The monoisotopic (exact) mass is 542 g/mol. The van der Waals surface area contributed by atoms with Crippen LogP contribution in [0.3, 0.4) is 0 Å². The molecule has 2 aromatic heterocycles. The van der Waals surface area contributed by atoms with Crippen molar-refractivity contribution < 1.29 is 28.1 Å². The van der Waals surface area contributed by atoms with Gasteiger partial charge in [-0.15, -0.1) is 5.10 Å². The van der Waals surface area contributed by atoms with Gasteiger partial charge in [0.1, 0.15) is 24.2 Å². The molecule has 200 valence electrons. The lowest BCUT2D eigenvalue weighted by Crippen LogP contribution is -2.15. The van der Waals surface area contributed by atoms with Crippen molar-refractivity contribution in [3.8, 4) is 23.1 Å². The van der Waals surface area contributed by atoms with Crippen molar-refractivity contribution in [2.75, 3.05) is 27.6 Å². The number of hydrogen-bond donors (Lipinski definition) is 0. The molecule has 0 unspecified atom stereocenters. The number of aromatic nitrogens is 4. The lowest BCUT2D eigenvalue weighted by molar-refractivity contribution is -0.00417. The molecule has 0 bridgehead atoms. The Hall–Kier alpha value is -3.60. The highest BCUT2D eigenvalue weighted by atomic mass is 35.5. The molecule has 3 heterocycles. The van der Waals surface area contributed by atoms with Gasteiger partial charge in [0, 0.05) is 35.5 Å². The summed E-state index contributed by atoms with van der Waals surface area (Å²) in [6.45, 7) is 2.95. The van der Waals surface area contributed by atoms with Crippen molar-refractivity contribution in [1.29, 1.82) is 0 Å². The van der Waals surface area contributed by atoms with Gasteiger partial charge in [-0.2, -0.15) is 0 Å². The predicted molar refractivity (Wildman–Crippen MR) is 138 cm³/mol. The zero-order valence-corrected chi connectivity index (χ0v) is 22.0. The molecule has 0 fully saturated rings. The van der Waals surface area contributed by atoms with Crippen LogP contribution in [0.15, 0.2) is 54.9 Å². The third kappa shape index (κ3) is 4.94. The Labute approximate surface area is 224 Å². The quantitative estimate of drug-likeness (QED) is 0.193. The zero-order chi connectivity index (χ0) is 26.6. The van der Waals surface area contributed by atoms with E-state index < -0.39 is 18.0 Å². The average molecular weight is 543 g/mol. The molecule has 2 atom stereocenters. The third-order valence-corrected chi connectivity index (χ3v) is 6.61. The summed E-state index contributed by atoms with van der Waals surface area (Å²) in [5, 5.41) is 8.38. The Balaban J connectivity index is 1.56. The number of ether oxygens (including phenoxy) is 5. The molecule has 1 aliphatic rings. The number of para-hydroxylation sites is 1. The Kier molecular flexibility index (Phi) is 7.82. The second-order valence-electron chi connectivity index (χ2n) is 8.56. The van der Waals surface area contributed by atoms with Gasteiger partial charge in [0.15, 0.2) is 18.3 Å². The van der Waals surface area contributed by atoms with Gasteiger partial charge in [0.05, 0.1) is 25.6 Å². The number of aryl methyl sites for hydroxylation is 1. The van der Waals surface area contributed by atoms with Crippen molar-refractivity contribution in [3.63, 3.8) is 0 Å². The first-order valence-corrected chi connectivity index (χ1v) is 12.5. The van der Waals surface area contributed by atoms with E-state index in [2.05, 4.69) is 10.3 Å². The number of benzene rings is 2. The molecule has 2 aromatic carbocycles. The summed E-state index contributed by atoms with van der Waals surface area (Å²) in [6, 6.07) is 12.3. The van der Waals surface area contributed by atoms with Crippen molar-refractivity contribution in [3.05, 3.63) is 82.5 Å². The molecule has 11 heteroatoms. The van der Waals surface area contributed by atoms with Crippen LogP contribution >= 0.6 is 11.6 Å².